The first-order valence-electron chi connectivity index (χ1n) is 5.28. The van der Waals surface area contributed by atoms with E-state index in [0.717, 1.165) is 23.3 Å². The van der Waals surface area contributed by atoms with Gasteiger partial charge in [-0.1, -0.05) is 6.07 Å². The van der Waals surface area contributed by atoms with Crippen molar-refractivity contribution in [1.29, 1.82) is 0 Å². The fourth-order valence-electron chi connectivity index (χ4n) is 2.26. The first kappa shape index (κ1) is 11.0. The van der Waals surface area contributed by atoms with Crippen LogP contribution in [0.3, 0.4) is 0 Å². The molecule has 3 N–H and O–H groups in total. The van der Waals surface area contributed by atoms with Gasteiger partial charge in [0.1, 0.15) is 5.75 Å². The number of carboxylic acids is 1. The van der Waals surface area contributed by atoms with Crippen LogP contribution < -0.4 is 10.5 Å². The van der Waals surface area contributed by atoms with E-state index in [1.165, 1.54) is 0 Å². The molecule has 0 fully saturated rings. The van der Waals surface area contributed by atoms with E-state index in [2.05, 4.69) is 0 Å². The molecule has 0 amide bonds. The number of aliphatic carboxylic acids is 1. The Morgan fingerprint density at radius 2 is 2.31 bits per heavy atom. The minimum atomic E-state index is -0.849. The summed E-state index contributed by atoms with van der Waals surface area (Å²) in [6.45, 7) is 0. The zero-order chi connectivity index (χ0) is 11.7. The van der Waals surface area contributed by atoms with Gasteiger partial charge >= 0.3 is 5.97 Å². The van der Waals surface area contributed by atoms with Crippen LogP contribution in [-0.2, 0) is 11.2 Å². The Kier molecular flexibility index (Phi) is 2.83. The summed E-state index contributed by atoms with van der Waals surface area (Å²) in [5, 5.41) is 9.17. The molecule has 0 saturated carbocycles. The summed E-state index contributed by atoms with van der Waals surface area (Å²) in [5.74, 6) is -0.674. The number of rotatable bonds is 2. The van der Waals surface area contributed by atoms with Crippen molar-refractivity contribution >= 4 is 5.97 Å². The Morgan fingerprint density at radius 3 is 2.94 bits per heavy atom. The van der Waals surface area contributed by atoms with Crippen LogP contribution in [0.1, 0.15) is 23.5 Å². The number of ether oxygens (including phenoxy) is 1. The topological polar surface area (TPSA) is 72.5 Å². The third-order valence-electron chi connectivity index (χ3n) is 3.13. The zero-order valence-electron chi connectivity index (χ0n) is 9.14. The molecule has 86 valence electrons. The molecular weight excluding hydrogens is 206 g/mol. The summed E-state index contributed by atoms with van der Waals surface area (Å²) in [7, 11) is 1.60. The molecule has 1 aliphatic carbocycles. The van der Waals surface area contributed by atoms with Gasteiger partial charge in [0, 0.05) is 6.04 Å². The van der Waals surface area contributed by atoms with Crippen molar-refractivity contribution in [2.75, 3.05) is 7.11 Å². The smallest absolute Gasteiger partial charge is 0.312 e. The molecule has 16 heavy (non-hydrogen) atoms. The number of nitrogens with two attached hydrogens (primary N) is 1. The van der Waals surface area contributed by atoms with Gasteiger partial charge in [-0.15, -0.1) is 0 Å². The van der Waals surface area contributed by atoms with E-state index in [-0.39, 0.29) is 6.04 Å². The van der Waals surface area contributed by atoms with Crippen molar-refractivity contribution in [1.82, 2.24) is 0 Å². The maximum Gasteiger partial charge on any atom is 0.312 e. The Balaban J connectivity index is 2.44. The number of benzene rings is 1. The maximum atomic E-state index is 11.2. The van der Waals surface area contributed by atoms with E-state index < -0.39 is 11.9 Å². The Bertz CT molecular complexity index is 417. The fourth-order valence-corrected chi connectivity index (χ4v) is 2.26. The normalized spacial score (nSPS) is 23.6. The first-order chi connectivity index (χ1) is 7.63. The van der Waals surface area contributed by atoms with Crippen molar-refractivity contribution in [3.63, 3.8) is 0 Å². The number of hydrogen-bond acceptors (Lipinski definition) is 3. The Hall–Kier alpha value is -1.55. The highest BCUT2D eigenvalue weighted by atomic mass is 16.5. The lowest BCUT2D eigenvalue weighted by Gasteiger charge is -2.28. The van der Waals surface area contributed by atoms with Crippen LogP contribution in [0.15, 0.2) is 18.2 Å². The summed E-state index contributed by atoms with van der Waals surface area (Å²) in [6.07, 6.45) is 1.52. The quantitative estimate of drug-likeness (QED) is 0.785. The molecule has 4 nitrogen and oxygen atoms in total. The maximum absolute atomic E-state index is 11.2. The second-order valence-electron chi connectivity index (χ2n) is 4.08. The predicted octanol–water partition coefficient (Wildman–Crippen LogP) is 1.14. The van der Waals surface area contributed by atoms with Gasteiger partial charge in [0.15, 0.2) is 0 Å². The van der Waals surface area contributed by atoms with Gasteiger partial charge < -0.3 is 15.6 Å². The zero-order valence-corrected chi connectivity index (χ0v) is 9.14. The molecule has 0 spiro atoms. The molecule has 4 heteroatoms. The largest absolute Gasteiger partial charge is 0.497 e. The molecule has 0 bridgehead atoms. The third-order valence-corrected chi connectivity index (χ3v) is 3.13. The highest BCUT2D eigenvalue weighted by Crippen LogP contribution is 2.33. The van der Waals surface area contributed by atoms with Crippen LogP contribution in [0, 0.1) is 0 Å². The summed E-state index contributed by atoms with van der Waals surface area (Å²) >= 11 is 0. The lowest BCUT2D eigenvalue weighted by atomic mass is 9.79. The third kappa shape index (κ3) is 1.76. The Labute approximate surface area is 94.0 Å². The SMILES string of the molecule is COc1ccc2c(c1)CCC(N)C2C(=O)O. The lowest BCUT2D eigenvalue weighted by Crippen LogP contribution is -2.37. The van der Waals surface area contributed by atoms with E-state index in [1.807, 2.05) is 12.1 Å². The standard InChI is InChI=1S/C12H15NO3/c1-16-8-3-4-9-7(6-8)2-5-10(13)11(9)12(14)15/h3-4,6,10-11H,2,5,13H2,1H3,(H,14,15). The van der Waals surface area contributed by atoms with Crippen molar-refractivity contribution < 1.29 is 14.6 Å². The van der Waals surface area contributed by atoms with Gasteiger partial charge in [0.05, 0.1) is 13.0 Å². The highest BCUT2D eigenvalue weighted by Gasteiger charge is 2.32. The minimum absolute atomic E-state index is 0.293. The van der Waals surface area contributed by atoms with E-state index in [9.17, 15) is 9.90 Å². The summed E-state index contributed by atoms with van der Waals surface area (Å²) < 4.78 is 5.12. The molecule has 2 rings (SSSR count). The van der Waals surface area contributed by atoms with Crippen LogP contribution >= 0.6 is 0 Å². The minimum Gasteiger partial charge on any atom is -0.497 e. The van der Waals surface area contributed by atoms with Gasteiger partial charge in [0.25, 0.3) is 0 Å². The molecule has 0 radical (unpaired) electrons. The number of carbonyl (C=O) groups is 1. The average molecular weight is 221 g/mol. The van der Waals surface area contributed by atoms with Gasteiger partial charge in [-0.2, -0.15) is 0 Å². The van der Waals surface area contributed by atoms with E-state index in [1.54, 1.807) is 13.2 Å². The van der Waals surface area contributed by atoms with Crippen molar-refractivity contribution in [3.05, 3.63) is 29.3 Å². The summed E-state index contributed by atoms with van der Waals surface area (Å²) in [6, 6.07) is 5.20. The number of hydrogen-bond donors (Lipinski definition) is 2. The Morgan fingerprint density at radius 1 is 1.56 bits per heavy atom. The highest BCUT2D eigenvalue weighted by molar-refractivity contribution is 5.78. The van der Waals surface area contributed by atoms with Crippen LogP contribution in [0.2, 0.25) is 0 Å². The van der Waals surface area contributed by atoms with Crippen LogP contribution in [-0.4, -0.2) is 24.2 Å². The number of aryl methyl sites for hydroxylation is 1. The molecule has 1 aromatic rings. The average Bonchev–Trinajstić information content (AvgIpc) is 2.27. The number of methoxy groups -OCH3 is 1. The van der Waals surface area contributed by atoms with Gasteiger partial charge in [-0.05, 0) is 36.1 Å². The van der Waals surface area contributed by atoms with Crippen LogP contribution in [0.4, 0.5) is 0 Å². The van der Waals surface area contributed by atoms with E-state index >= 15 is 0 Å². The van der Waals surface area contributed by atoms with E-state index in [4.69, 9.17) is 10.5 Å². The van der Waals surface area contributed by atoms with Crippen molar-refractivity contribution in [2.24, 2.45) is 5.73 Å². The van der Waals surface area contributed by atoms with E-state index in [0.29, 0.717) is 6.42 Å². The lowest BCUT2D eigenvalue weighted by molar-refractivity contribution is -0.139. The number of carboxylic acid groups (broad SMARTS) is 1. The molecule has 2 atom stereocenters. The summed E-state index contributed by atoms with van der Waals surface area (Å²) in [4.78, 5) is 11.2. The first-order valence-corrected chi connectivity index (χ1v) is 5.28. The van der Waals surface area contributed by atoms with Crippen molar-refractivity contribution in [2.45, 2.75) is 24.8 Å². The van der Waals surface area contributed by atoms with Gasteiger partial charge in [-0.25, -0.2) is 0 Å². The second kappa shape index (κ2) is 4.14. The molecule has 0 aliphatic heterocycles. The molecule has 0 saturated heterocycles. The van der Waals surface area contributed by atoms with Crippen LogP contribution in [0.5, 0.6) is 5.75 Å². The molecule has 1 aliphatic rings. The van der Waals surface area contributed by atoms with Gasteiger partial charge in [-0.3, -0.25) is 4.79 Å². The molecule has 0 heterocycles. The molecule has 0 aromatic heterocycles. The monoisotopic (exact) mass is 221 g/mol. The molecule has 1 aromatic carbocycles. The summed E-state index contributed by atoms with van der Waals surface area (Å²) in [5.41, 5.74) is 7.71. The predicted molar refractivity (Wildman–Crippen MR) is 59.7 cm³/mol. The second-order valence-corrected chi connectivity index (χ2v) is 4.08. The van der Waals surface area contributed by atoms with Crippen molar-refractivity contribution in [3.8, 4) is 5.75 Å². The fraction of sp³-hybridized carbons (Fsp3) is 0.417. The van der Waals surface area contributed by atoms with Gasteiger partial charge in [0.2, 0.25) is 0 Å². The number of fused-ring (bicyclic) bond motifs is 1. The molecule has 2 unspecified atom stereocenters. The van der Waals surface area contributed by atoms with Crippen LogP contribution in [0.25, 0.3) is 0 Å². The molecular formula is C12H15NO3.